The third-order valence-electron chi connectivity index (χ3n) is 6.30. The Balaban J connectivity index is 1.20. The molecule has 31 heavy (non-hydrogen) atoms. The van der Waals surface area contributed by atoms with E-state index in [9.17, 15) is 9.59 Å². The second kappa shape index (κ2) is 7.64. The molecule has 2 aliphatic heterocycles. The van der Waals surface area contributed by atoms with E-state index in [1.54, 1.807) is 15.7 Å². The summed E-state index contributed by atoms with van der Waals surface area (Å²) in [5.74, 6) is 0.465. The highest BCUT2D eigenvalue weighted by Gasteiger charge is 2.36. The van der Waals surface area contributed by atoms with Gasteiger partial charge in [-0.15, -0.1) is 15.3 Å². The Kier molecular flexibility index (Phi) is 4.80. The number of aromatic nitrogens is 4. The van der Waals surface area contributed by atoms with E-state index in [4.69, 9.17) is 0 Å². The van der Waals surface area contributed by atoms with E-state index in [1.165, 1.54) is 5.56 Å². The summed E-state index contributed by atoms with van der Waals surface area (Å²) in [6.07, 6.45) is 2.67. The molecule has 0 radical (unpaired) electrons. The second-order valence-corrected chi connectivity index (χ2v) is 8.44. The molecule has 2 atom stereocenters. The Morgan fingerprint density at radius 2 is 2.00 bits per heavy atom. The predicted molar refractivity (Wildman–Crippen MR) is 116 cm³/mol. The number of carbonyl (C=O) groups excluding carboxylic acids is 2. The van der Waals surface area contributed by atoms with Crippen LogP contribution in [0, 0.1) is 19.8 Å². The highest BCUT2D eigenvalue weighted by atomic mass is 16.2. The Hall–Kier alpha value is -3.49. The molecule has 4 heterocycles. The van der Waals surface area contributed by atoms with Crippen molar-refractivity contribution in [2.45, 2.75) is 32.7 Å². The molecule has 3 aromatic rings. The minimum Gasteiger partial charge on any atom is -0.353 e. The van der Waals surface area contributed by atoms with Gasteiger partial charge in [-0.25, -0.2) is 0 Å². The first kappa shape index (κ1) is 19.5. The van der Waals surface area contributed by atoms with Crippen LogP contribution >= 0.6 is 0 Å². The predicted octanol–water partition coefficient (Wildman–Crippen LogP) is 1.49. The number of carbonyl (C=O) groups is 2. The molecular weight excluding hydrogens is 394 g/mol. The number of amides is 2. The normalized spacial score (nSPS) is 21.3. The molecule has 2 saturated heterocycles. The third-order valence-corrected chi connectivity index (χ3v) is 6.30. The Morgan fingerprint density at radius 3 is 2.84 bits per heavy atom. The van der Waals surface area contributed by atoms with Crippen LogP contribution < -0.4 is 15.1 Å². The highest BCUT2D eigenvalue weighted by Crippen LogP contribution is 2.27. The summed E-state index contributed by atoms with van der Waals surface area (Å²) >= 11 is 0. The monoisotopic (exact) mass is 419 g/mol. The second-order valence-electron chi connectivity index (χ2n) is 8.44. The smallest absolute Gasteiger partial charge is 0.227 e. The summed E-state index contributed by atoms with van der Waals surface area (Å²) in [5, 5.41) is 15.5. The molecule has 5 rings (SSSR count). The van der Waals surface area contributed by atoms with Crippen LogP contribution in [-0.2, 0) is 9.59 Å². The van der Waals surface area contributed by atoms with Crippen LogP contribution in [-0.4, -0.2) is 57.3 Å². The number of anilines is 2. The molecule has 0 aliphatic carbocycles. The molecule has 0 saturated carbocycles. The van der Waals surface area contributed by atoms with Crippen LogP contribution in [0.25, 0.3) is 5.65 Å². The Labute approximate surface area is 180 Å². The summed E-state index contributed by atoms with van der Waals surface area (Å²) in [6.45, 7) is 6.00. The molecule has 2 aliphatic rings. The van der Waals surface area contributed by atoms with E-state index in [0.29, 0.717) is 18.7 Å². The van der Waals surface area contributed by atoms with Gasteiger partial charge in [0.15, 0.2) is 5.65 Å². The number of hydrogen-bond acceptors (Lipinski definition) is 6. The fourth-order valence-electron chi connectivity index (χ4n) is 4.32. The van der Waals surface area contributed by atoms with Crippen molar-refractivity contribution in [3.8, 4) is 0 Å². The van der Waals surface area contributed by atoms with Crippen molar-refractivity contribution in [3.63, 3.8) is 0 Å². The first-order valence-electron chi connectivity index (χ1n) is 10.6. The summed E-state index contributed by atoms with van der Waals surface area (Å²) in [5.41, 5.74) is 3.90. The van der Waals surface area contributed by atoms with Gasteiger partial charge in [-0.05, 0) is 55.7 Å². The fourth-order valence-corrected chi connectivity index (χ4v) is 4.32. The van der Waals surface area contributed by atoms with Crippen LogP contribution in [0.4, 0.5) is 11.5 Å². The maximum Gasteiger partial charge on any atom is 0.227 e. The minimum absolute atomic E-state index is 0.00268. The fraction of sp³-hybridized carbons (Fsp3) is 0.409. The largest absolute Gasteiger partial charge is 0.353 e. The Morgan fingerprint density at radius 1 is 1.13 bits per heavy atom. The van der Waals surface area contributed by atoms with Gasteiger partial charge in [-0.1, -0.05) is 6.07 Å². The van der Waals surface area contributed by atoms with Crippen LogP contribution in [0.1, 0.15) is 24.0 Å². The van der Waals surface area contributed by atoms with Crippen molar-refractivity contribution in [3.05, 3.63) is 47.8 Å². The van der Waals surface area contributed by atoms with E-state index in [2.05, 4.69) is 25.5 Å². The number of fused-ring (bicyclic) bond motifs is 1. The van der Waals surface area contributed by atoms with Crippen LogP contribution in [0.2, 0.25) is 0 Å². The van der Waals surface area contributed by atoms with Crippen molar-refractivity contribution >= 4 is 29.0 Å². The van der Waals surface area contributed by atoms with Crippen LogP contribution in [0.3, 0.4) is 0 Å². The maximum atomic E-state index is 12.9. The number of nitrogens with zero attached hydrogens (tertiary/aromatic N) is 6. The zero-order valence-corrected chi connectivity index (χ0v) is 17.7. The molecule has 9 nitrogen and oxygen atoms in total. The lowest BCUT2D eigenvalue weighted by Gasteiger charge is -2.20. The van der Waals surface area contributed by atoms with Gasteiger partial charge in [0.2, 0.25) is 11.8 Å². The van der Waals surface area contributed by atoms with Gasteiger partial charge in [-0.3, -0.25) is 9.59 Å². The molecule has 2 fully saturated rings. The maximum absolute atomic E-state index is 12.9. The van der Waals surface area contributed by atoms with Gasteiger partial charge in [0.25, 0.3) is 0 Å². The summed E-state index contributed by atoms with van der Waals surface area (Å²) in [4.78, 5) is 29.3. The molecule has 2 aromatic heterocycles. The molecule has 0 unspecified atom stereocenters. The lowest BCUT2D eigenvalue weighted by molar-refractivity contribution is -0.126. The Bertz CT molecular complexity index is 1160. The van der Waals surface area contributed by atoms with Gasteiger partial charge in [0.05, 0.1) is 5.92 Å². The average molecular weight is 419 g/mol. The van der Waals surface area contributed by atoms with Gasteiger partial charge < -0.3 is 15.1 Å². The number of rotatable bonds is 4. The molecule has 1 aromatic carbocycles. The van der Waals surface area contributed by atoms with Crippen LogP contribution in [0.5, 0.6) is 0 Å². The summed E-state index contributed by atoms with van der Waals surface area (Å²) in [7, 11) is 0. The van der Waals surface area contributed by atoms with Crippen molar-refractivity contribution in [2.24, 2.45) is 5.92 Å². The SMILES string of the molecule is Cc1ccc(N2C[C@H](C(=O)N[C@@H]3CCN(c4ccc5nncn5n4)C3)CC2=O)cc1C. The molecule has 160 valence electrons. The molecule has 1 N–H and O–H groups in total. The van der Waals surface area contributed by atoms with Crippen LogP contribution in [0.15, 0.2) is 36.7 Å². The summed E-state index contributed by atoms with van der Waals surface area (Å²) in [6, 6.07) is 9.83. The van der Waals surface area contributed by atoms with Crippen molar-refractivity contribution < 1.29 is 9.59 Å². The van der Waals surface area contributed by atoms with E-state index in [0.717, 1.165) is 30.0 Å². The number of hydrogen-bond donors (Lipinski definition) is 1. The van der Waals surface area contributed by atoms with Gasteiger partial charge in [-0.2, -0.15) is 4.52 Å². The molecule has 9 heteroatoms. The van der Waals surface area contributed by atoms with Gasteiger partial charge >= 0.3 is 0 Å². The van der Waals surface area contributed by atoms with Crippen molar-refractivity contribution in [2.75, 3.05) is 29.4 Å². The number of nitrogens with one attached hydrogen (secondary N) is 1. The first-order chi connectivity index (χ1) is 15.0. The molecule has 2 amide bonds. The van der Waals surface area contributed by atoms with E-state index >= 15 is 0 Å². The molecule has 0 bridgehead atoms. The lowest BCUT2D eigenvalue weighted by Crippen LogP contribution is -2.41. The zero-order chi connectivity index (χ0) is 21.5. The van der Waals surface area contributed by atoms with Crippen molar-refractivity contribution in [1.82, 2.24) is 25.1 Å². The number of benzene rings is 1. The summed E-state index contributed by atoms with van der Waals surface area (Å²) < 4.78 is 1.65. The lowest BCUT2D eigenvalue weighted by atomic mass is 10.1. The topological polar surface area (TPSA) is 95.7 Å². The zero-order valence-electron chi connectivity index (χ0n) is 17.7. The number of aryl methyl sites for hydroxylation is 2. The van der Waals surface area contributed by atoms with Gasteiger partial charge in [0, 0.05) is 37.8 Å². The standard InChI is InChI=1S/C22H25N7O2/c1-14-3-4-18(9-15(14)2)28-11-16(10-21(28)30)22(31)24-17-7-8-27(12-17)20-6-5-19-25-23-13-29(19)26-20/h3-6,9,13,16-17H,7-8,10-12H2,1-2H3,(H,24,31)/t16-,17-/m1/s1. The average Bonchev–Trinajstić information content (AvgIpc) is 3.49. The first-order valence-corrected chi connectivity index (χ1v) is 10.6. The quantitative estimate of drug-likeness (QED) is 0.688. The molecule has 0 spiro atoms. The van der Waals surface area contributed by atoms with Crippen molar-refractivity contribution in [1.29, 1.82) is 0 Å². The minimum atomic E-state index is -0.324. The molecular formula is C22H25N7O2. The highest BCUT2D eigenvalue weighted by molar-refractivity contribution is 6.00. The van der Waals surface area contributed by atoms with E-state index in [-0.39, 0.29) is 30.2 Å². The van der Waals surface area contributed by atoms with E-state index < -0.39 is 0 Å². The van der Waals surface area contributed by atoms with E-state index in [1.807, 2.05) is 44.2 Å². The van der Waals surface area contributed by atoms with Gasteiger partial charge in [0.1, 0.15) is 12.1 Å². The third kappa shape index (κ3) is 3.71.